The third-order valence-corrected chi connectivity index (χ3v) is 2.67. The first-order valence-electron chi connectivity index (χ1n) is 4.72. The second kappa shape index (κ2) is 6.09. The molecule has 0 radical (unpaired) electrons. The zero-order valence-corrected chi connectivity index (χ0v) is 10.7. The van der Waals surface area contributed by atoms with Crippen LogP contribution in [0.3, 0.4) is 0 Å². The van der Waals surface area contributed by atoms with Crippen LogP contribution in [-0.2, 0) is 16.1 Å². The highest BCUT2D eigenvalue weighted by Gasteiger charge is 2.09. The quantitative estimate of drug-likeness (QED) is 0.781. The number of carbonyl (C=O) groups is 1. The van der Waals surface area contributed by atoms with Gasteiger partial charge in [0.05, 0.1) is 13.7 Å². The van der Waals surface area contributed by atoms with Crippen molar-refractivity contribution >= 4 is 29.2 Å². The number of carbonyl (C=O) groups excluding carboxylic acids is 1. The smallest absolute Gasteiger partial charge is 0.319 e. The molecule has 5 heteroatoms. The zero-order valence-electron chi connectivity index (χ0n) is 9.17. The van der Waals surface area contributed by atoms with Crippen LogP contribution in [0.1, 0.15) is 5.56 Å². The highest BCUT2D eigenvalue weighted by atomic mass is 35.5. The molecule has 0 N–H and O–H groups in total. The molecule has 0 aliphatic carbocycles. The number of methoxy groups -OCH3 is 1. The van der Waals surface area contributed by atoms with Crippen molar-refractivity contribution in [3.8, 4) is 0 Å². The minimum Gasteiger partial charge on any atom is -0.468 e. The molecule has 1 aromatic carbocycles. The molecule has 3 nitrogen and oxygen atoms in total. The number of halogens is 2. The standard InChI is InChI=1S/C11H13Cl2NO2/c1-14(7-11(15)16-2)6-8-3-4-9(12)5-10(8)13/h3-5H,6-7H2,1-2H3. The molecular formula is C11H13Cl2NO2. The van der Waals surface area contributed by atoms with Crippen LogP contribution >= 0.6 is 23.2 Å². The van der Waals surface area contributed by atoms with E-state index in [-0.39, 0.29) is 12.5 Å². The van der Waals surface area contributed by atoms with Gasteiger partial charge in [-0.3, -0.25) is 9.69 Å². The van der Waals surface area contributed by atoms with Crippen LogP contribution in [0.4, 0.5) is 0 Å². The molecule has 0 amide bonds. The summed E-state index contributed by atoms with van der Waals surface area (Å²) < 4.78 is 4.57. The summed E-state index contributed by atoms with van der Waals surface area (Å²) >= 11 is 11.8. The van der Waals surface area contributed by atoms with Gasteiger partial charge in [0, 0.05) is 16.6 Å². The van der Waals surface area contributed by atoms with Gasteiger partial charge in [0.2, 0.25) is 0 Å². The van der Waals surface area contributed by atoms with Crippen LogP contribution in [0.15, 0.2) is 18.2 Å². The summed E-state index contributed by atoms with van der Waals surface area (Å²) in [6.45, 7) is 0.806. The first kappa shape index (κ1) is 13.3. The highest BCUT2D eigenvalue weighted by Crippen LogP contribution is 2.21. The highest BCUT2D eigenvalue weighted by molar-refractivity contribution is 6.35. The Morgan fingerprint density at radius 2 is 2.12 bits per heavy atom. The van der Waals surface area contributed by atoms with Gasteiger partial charge in [0.15, 0.2) is 0 Å². The predicted molar refractivity (Wildman–Crippen MR) is 64.8 cm³/mol. The third kappa shape index (κ3) is 4.00. The van der Waals surface area contributed by atoms with Crippen molar-refractivity contribution in [3.05, 3.63) is 33.8 Å². The molecule has 0 saturated carbocycles. The minimum atomic E-state index is -0.271. The number of nitrogens with zero attached hydrogens (tertiary/aromatic N) is 1. The molecule has 0 saturated heterocycles. The largest absolute Gasteiger partial charge is 0.468 e. The lowest BCUT2D eigenvalue weighted by Crippen LogP contribution is -2.26. The lowest BCUT2D eigenvalue weighted by Gasteiger charge is -2.15. The van der Waals surface area contributed by atoms with E-state index in [2.05, 4.69) is 4.74 Å². The van der Waals surface area contributed by atoms with E-state index in [1.165, 1.54) is 7.11 Å². The van der Waals surface area contributed by atoms with E-state index >= 15 is 0 Å². The molecule has 0 fully saturated rings. The topological polar surface area (TPSA) is 29.5 Å². The van der Waals surface area contributed by atoms with Crippen molar-refractivity contribution in [2.75, 3.05) is 20.7 Å². The van der Waals surface area contributed by atoms with Crippen molar-refractivity contribution in [2.24, 2.45) is 0 Å². The Hall–Kier alpha value is -0.770. The molecule has 0 aliphatic heterocycles. The van der Waals surface area contributed by atoms with Gasteiger partial charge in [-0.2, -0.15) is 0 Å². The minimum absolute atomic E-state index is 0.232. The molecule has 0 unspecified atom stereocenters. The van der Waals surface area contributed by atoms with E-state index in [1.54, 1.807) is 12.1 Å². The van der Waals surface area contributed by atoms with Crippen molar-refractivity contribution < 1.29 is 9.53 Å². The molecule has 88 valence electrons. The molecule has 0 aromatic heterocycles. The van der Waals surface area contributed by atoms with Gasteiger partial charge in [0.1, 0.15) is 0 Å². The second-order valence-electron chi connectivity index (χ2n) is 3.48. The molecule has 0 atom stereocenters. The van der Waals surface area contributed by atoms with Gasteiger partial charge >= 0.3 is 5.97 Å². The summed E-state index contributed by atoms with van der Waals surface area (Å²) in [6.07, 6.45) is 0. The average Bonchev–Trinajstić information content (AvgIpc) is 2.22. The summed E-state index contributed by atoms with van der Waals surface area (Å²) in [5, 5.41) is 1.20. The monoisotopic (exact) mass is 261 g/mol. The Kier molecular flexibility index (Phi) is 5.06. The van der Waals surface area contributed by atoms with Crippen LogP contribution in [0.2, 0.25) is 10.0 Å². The Bertz CT molecular complexity index is 382. The van der Waals surface area contributed by atoms with Crippen LogP contribution in [0, 0.1) is 0 Å². The fourth-order valence-electron chi connectivity index (χ4n) is 1.28. The van der Waals surface area contributed by atoms with Crippen molar-refractivity contribution in [1.82, 2.24) is 4.90 Å². The number of hydrogen-bond donors (Lipinski definition) is 0. The molecule has 0 spiro atoms. The van der Waals surface area contributed by atoms with Gasteiger partial charge < -0.3 is 4.74 Å². The molecule has 0 bridgehead atoms. The average molecular weight is 262 g/mol. The normalized spacial score (nSPS) is 10.6. The fourth-order valence-corrected chi connectivity index (χ4v) is 1.75. The number of hydrogen-bond acceptors (Lipinski definition) is 3. The molecule has 16 heavy (non-hydrogen) atoms. The van der Waals surface area contributed by atoms with Crippen molar-refractivity contribution in [2.45, 2.75) is 6.54 Å². The van der Waals surface area contributed by atoms with E-state index in [4.69, 9.17) is 23.2 Å². The van der Waals surface area contributed by atoms with Crippen LogP contribution in [0.25, 0.3) is 0 Å². The van der Waals surface area contributed by atoms with Gasteiger partial charge in [-0.05, 0) is 24.7 Å². The molecule has 0 aliphatic rings. The van der Waals surface area contributed by atoms with E-state index < -0.39 is 0 Å². The molecule has 1 aromatic rings. The second-order valence-corrected chi connectivity index (χ2v) is 4.33. The van der Waals surface area contributed by atoms with Gasteiger partial charge in [-0.25, -0.2) is 0 Å². The summed E-state index contributed by atoms with van der Waals surface area (Å²) in [6, 6.07) is 5.30. The lowest BCUT2D eigenvalue weighted by molar-refractivity contribution is -0.141. The fraction of sp³-hybridized carbons (Fsp3) is 0.364. The third-order valence-electron chi connectivity index (χ3n) is 2.08. The summed E-state index contributed by atoms with van der Waals surface area (Å²) in [4.78, 5) is 12.9. The van der Waals surface area contributed by atoms with E-state index in [9.17, 15) is 4.79 Å². The van der Waals surface area contributed by atoms with Crippen molar-refractivity contribution in [3.63, 3.8) is 0 Å². The van der Waals surface area contributed by atoms with Gasteiger partial charge in [-0.15, -0.1) is 0 Å². The molecular weight excluding hydrogens is 249 g/mol. The number of benzene rings is 1. The predicted octanol–water partition coefficient (Wildman–Crippen LogP) is 2.60. The van der Waals surface area contributed by atoms with Crippen LogP contribution in [-0.4, -0.2) is 31.6 Å². The lowest BCUT2D eigenvalue weighted by atomic mass is 10.2. The first-order valence-corrected chi connectivity index (χ1v) is 5.48. The summed E-state index contributed by atoms with van der Waals surface area (Å²) in [5.74, 6) is -0.271. The number of ether oxygens (including phenoxy) is 1. The maximum Gasteiger partial charge on any atom is 0.319 e. The number of rotatable bonds is 4. The molecule has 0 heterocycles. The van der Waals surface area contributed by atoms with Gasteiger partial charge in [0.25, 0.3) is 0 Å². The Morgan fingerprint density at radius 3 is 2.69 bits per heavy atom. The maximum atomic E-state index is 11.0. The summed E-state index contributed by atoms with van der Waals surface area (Å²) in [7, 11) is 3.19. The Labute approximate surface area is 105 Å². The van der Waals surface area contributed by atoms with Crippen LogP contribution in [0.5, 0.6) is 0 Å². The maximum absolute atomic E-state index is 11.0. The van der Waals surface area contributed by atoms with E-state index in [1.807, 2.05) is 18.0 Å². The Balaban J connectivity index is 2.62. The van der Waals surface area contributed by atoms with Gasteiger partial charge in [-0.1, -0.05) is 29.3 Å². The van der Waals surface area contributed by atoms with Crippen molar-refractivity contribution in [1.29, 1.82) is 0 Å². The molecule has 1 rings (SSSR count). The SMILES string of the molecule is COC(=O)CN(C)Cc1ccc(Cl)cc1Cl. The zero-order chi connectivity index (χ0) is 12.1. The van der Waals surface area contributed by atoms with E-state index in [0.717, 1.165) is 5.56 Å². The van der Waals surface area contributed by atoms with Crippen LogP contribution < -0.4 is 0 Å². The summed E-state index contributed by atoms with van der Waals surface area (Å²) in [5.41, 5.74) is 0.928. The number of likely N-dealkylation sites (N-methyl/N-ethyl adjacent to an activating group) is 1. The van der Waals surface area contributed by atoms with E-state index in [0.29, 0.717) is 16.6 Å². The first-order chi connectivity index (χ1) is 7.52. The number of esters is 1. The Morgan fingerprint density at radius 1 is 1.44 bits per heavy atom.